The molecule has 4 heteroatoms. The molecule has 1 N–H and O–H groups in total. The van der Waals surface area contributed by atoms with Crippen LogP contribution in [0.3, 0.4) is 0 Å². The number of hydrogen-bond acceptors (Lipinski definition) is 2. The smallest absolute Gasteiger partial charge is 0.0701 e. The molecular weight excluding hydrogens is 330 g/mol. The maximum absolute atomic E-state index is 6.29. The molecule has 2 rings (SSSR count). The van der Waals surface area contributed by atoms with Crippen molar-refractivity contribution in [2.24, 2.45) is 0 Å². The van der Waals surface area contributed by atoms with E-state index in [1.165, 1.54) is 16.7 Å². The van der Waals surface area contributed by atoms with Crippen LogP contribution in [-0.4, -0.2) is 7.05 Å². The molecule has 0 bridgehead atoms. The van der Waals surface area contributed by atoms with Gasteiger partial charge in [-0.3, -0.25) is 0 Å². The molecule has 0 saturated heterocycles. The molecule has 0 saturated carbocycles. The number of thiophene rings is 1. The highest BCUT2D eigenvalue weighted by atomic mass is 79.9. The Kier molecular flexibility index (Phi) is 4.84. The van der Waals surface area contributed by atoms with Gasteiger partial charge in [-0.15, -0.1) is 11.3 Å². The van der Waals surface area contributed by atoms with Gasteiger partial charge in [0.2, 0.25) is 0 Å². The minimum absolute atomic E-state index is 0.299. The molecule has 1 aromatic heterocycles. The second-order valence-electron chi connectivity index (χ2n) is 4.32. The summed E-state index contributed by atoms with van der Waals surface area (Å²) in [6, 6.07) is 8.70. The van der Waals surface area contributed by atoms with Gasteiger partial charge in [0.1, 0.15) is 0 Å². The van der Waals surface area contributed by atoms with Crippen molar-refractivity contribution in [1.82, 2.24) is 5.32 Å². The lowest BCUT2D eigenvalue weighted by molar-refractivity contribution is 0.594. The summed E-state index contributed by atoms with van der Waals surface area (Å²) >= 11 is 11.5. The van der Waals surface area contributed by atoms with Crippen molar-refractivity contribution in [2.75, 3.05) is 7.05 Å². The van der Waals surface area contributed by atoms with Gasteiger partial charge in [0.25, 0.3) is 0 Å². The van der Waals surface area contributed by atoms with Crippen molar-refractivity contribution >= 4 is 38.9 Å². The van der Waals surface area contributed by atoms with Crippen LogP contribution in [0.2, 0.25) is 5.02 Å². The molecule has 1 atom stereocenters. The van der Waals surface area contributed by atoms with E-state index in [0.29, 0.717) is 6.04 Å². The number of nitrogens with one attached hydrogen (secondary N) is 1. The van der Waals surface area contributed by atoms with Crippen molar-refractivity contribution in [2.45, 2.75) is 19.4 Å². The van der Waals surface area contributed by atoms with Gasteiger partial charge in [-0.05, 0) is 70.5 Å². The highest BCUT2D eigenvalue weighted by Gasteiger charge is 2.13. The number of aryl methyl sites for hydroxylation is 1. The number of rotatable bonds is 4. The summed E-state index contributed by atoms with van der Waals surface area (Å²) in [6.45, 7) is 2.06. The molecule has 1 heterocycles. The molecule has 2 aromatic rings. The topological polar surface area (TPSA) is 12.0 Å². The maximum Gasteiger partial charge on any atom is 0.0701 e. The standard InChI is InChI=1S/C14H15BrClNS/c1-9-3-4-10(12(16)5-9)6-13(17-2)11-7-14(15)18-8-11/h3-5,7-8,13,17H,6H2,1-2H3. The Bertz CT molecular complexity index is 538. The number of benzene rings is 1. The quantitative estimate of drug-likeness (QED) is 0.825. The predicted octanol–water partition coefficient (Wildman–Crippen LogP) is 4.98. The van der Waals surface area contributed by atoms with Crippen molar-refractivity contribution in [3.8, 4) is 0 Å². The van der Waals surface area contributed by atoms with Crippen LogP contribution in [0.15, 0.2) is 33.4 Å². The summed E-state index contributed by atoms with van der Waals surface area (Å²) in [6.07, 6.45) is 0.902. The molecule has 0 aliphatic carbocycles. The fraction of sp³-hybridized carbons (Fsp3) is 0.286. The monoisotopic (exact) mass is 343 g/mol. The highest BCUT2D eigenvalue weighted by Crippen LogP contribution is 2.29. The Balaban J connectivity index is 2.20. The Labute approximate surface area is 125 Å². The summed E-state index contributed by atoms with van der Waals surface area (Å²) in [7, 11) is 1.98. The van der Waals surface area contributed by atoms with Crippen molar-refractivity contribution in [1.29, 1.82) is 0 Å². The zero-order chi connectivity index (χ0) is 13.1. The largest absolute Gasteiger partial charge is 0.313 e. The van der Waals surface area contributed by atoms with Crippen molar-refractivity contribution in [3.63, 3.8) is 0 Å². The number of likely N-dealkylation sites (N-methyl/N-ethyl adjacent to an activating group) is 1. The highest BCUT2D eigenvalue weighted by molar-refractivity contribution is 9.11. The second-order valence-corrected chi connectivity index (χ2v) is 7.02. The van der Waals surface area contributed by atoms with Crippen LogP contribution < -0.4 is 5.32 Å². The number of hydrogen-bond donors (Lipinski definition) is 1. The molecular formula is C14H15BrClNS. The number of halogens is 2. The van der Waals surface area contributed by atoms with E-state index in [4.69, 9.17) is 11.6 Å². The molecule has 96 valence electrons. The third kappa shape index (κ3) is 3.35. The van der Waals surface area contributed by atoms with Gasteiger partial charge in [-0.2, -0.15) is 0 Å². The maximum atomic E-state index is 6.29. The summed E-state index contributed by atoms with van der Waals surface area (Å²) in [5.74, 6) is 0. The minimum Gasteiger partial charge on any atom is -0.313 e. The molecule has 1 aromatic carbocycles. The first-order valence-electron chi connectivity index (χ1n) is 5.76. The predicted molar refractivity (Wildman–Crippen MR) is 83.7 cm³/mol. The van der Waals surface area contributed by atoms with Crippen molar-refractivity contribution < 1.29 is 0 Å². The van der Waals surface area contributed by atoms with E-state index in [1.807, 2.05) is 13.1 Å². The van der Waals surface area contributed by atoms with Crippen LogP contribution in [0.1, 0.15) is 22.7 Å². The Morgan fingerprint density at radius 3 is 2.72 bits per heavy atom. The lowest BCUT2D eigenvalue weighted by atomic mass is 10.0. The first-order chi connectivity index (χ1) is 8.60. The van der Waals surface area contributed by atoms with Crippen molar-refractivity contribution in [3.05, 3.63) is 55.1 Å². The fourth-order valence-electron chi connectivity index (χ4n) is 1.93. The van der Waals surface area contributed by atoms with E-state index < -0.39 is 0 Å². The molecule has 0 aliphatic heterocycles. The lowest BCUT2D eigenvalue weighted by Crippen LogP contribution is -2.18. The third-order valence-electron chi connectivity index (χ3n) is 2.97. The lowest BCUT2D eigenvalue weighted by Gasteiger charge is -2.16. The van der Waals surface area contributed by atoms with E-state index in [1.54, 1.807) is 11.3 Å². The first-order valence-corrected chi connectivity index (χ1v) is 7.81. The van der Waals surface area contributed by atoms with Crippen LogP contribution in [0, 0.1) is 6.92 Å². The third-order valence-corrected chi connectivity index (χ3v) is 4.85. The van der Waals surface area contributed by atoms with Gasteiger partial charge in [0.05, 0.1) is 3.79 Å². The van der Waals surface area contributed by atoms with Crippen LogP contribution in [0.25, 0.3) is 0 Å². The van der Waals surface area contributed by atoms with Gasteiger partial charge in [0.15, 0.2) is 0 Å². The molecule has 0 radical (unpaired) electrons. The van der Waals surface area contributed by atoms with Gasteiger partial charge in [-0.1, -0.05) is 23.7 Å². The molecule has 1 unspecified atom stereocenters. The van der Waals surface area contributed by atoms with Gasteiger partial charge < -0.3 is 5.32 Å². The van der Waals surface area contributed by atoms with E-state index in [9.17, 15) is 0 Å². The second kappa shape index (κ2) is 6.20. The van der Waals surface area contributed by atoms with Gasteiger partial charge >= 0.3 is 0 Å². The fourth-order valence-corrected chi connectivity index (χ4v) is 3.47. The zero-order valence-electron chi connectivity index (χ0n) is 10.3. The van der Waals surface area contributed by atoms with Crippen LogP contribution in [-0.2, 0) is 6.42 Å². The van der Waals surface area contributed by atoms with Crippen LogP contribution in [0.5, 0.6) is 0 Å². The van der Waals surface area contributed by atoms with Crippen LogP contribution in [0.4, 0.5) is 0 Å². The first kappa shape index (κ1) is 14.1. The molecule has 0 fully saturated rings. The molecule has 0 aliphatic rings. The average Bonchev–Trinajstić information content (AvgIpc) is 2.75. The van der Waals surface area contributed by atoms with Gasteiger partial charge in [-0.25, -0.2) is 0 Å². The zero-order valence-corrected chi connectivity index (χ0v) is 13.5. The van der Waals surface area contributed by atoms with Crippen LogP contribution >= 0.6 is 38.9 Å². The minimum atomic E-state index is 0.299. The van der Waals surface area contributed by atoms with E-state index >= 15 is 0 Å². The van der Waals surface area contributed by atoms with E-state index in [2.05, 4.69) is 51.7 Å². The summed E-state index contributed by atoms with van der Waals surface area (Å²) in [5.41, 5.74) is 3.68. The Morgan fingerprint density at radius 2 is 2.17 bits per heavy atom. The Morgan fingerprint density at radius 1 is 1.39 bits per heavy atom. The van der Waals surface area contributed by atoms with E-state index in [-0.39, 0.29) is 0 Å². The molecule has 0 amide bonds. The molecule has 0 spiro atoms. The SMILES string of the molecule is CNC(Cc1ccc(C)cc1Cl)c1csc(Br)c1. The summed E-state index contributed by atoms with van der Waals surface area (Å²) < 4.78 is 1.16. The summed E-state index contributed by atoms with van der Waals surface area (Å²) in [4.78, 5) is 0. The molecule has 18 heavy (non-hydrogen) atoms. The normalized spacial score (nSPS) is 12.7. The Hall–Kier alpha value is -0.350. The van der Waals surface area contributed by atoms with E-state index in [0.717, 1.165) is 15.2 Å². The van der Waals surface area contributed by atoms with Gasteiger partial charge in [0, 0.05) is 11.1 Å². The molecule has 1 nitrogen and oxygen atoms in total. The summed E-state index contributed by atoms with van der Waals surface area (Å²) in [5, 5.41) is 6.37. The average molecular weight is 345 g/mol.